The molecule has 3 N–H and O–H groups in total. The van der Waals surface area contributed by atoms with Gasteiger partial charge in [-0.05, 0) is 49.9 Å². The molecule has 3 aliphatic rings. The molecule has 6 heteroatoms. The Morgan fingerprint density at radius 2 is 2.33 bits per heavy atom. The topological polar surface area (TPSA) is 71.2 Å². The molecule has 1 aromatic heterocycles. The second kappa shape index (κ2) is 6.18. The molecule has 24 heavy (non-hydrogen) atoms. The van der Waals surface area contributed by atoms with Gasteiger partial charge in [0.1, 0.15) is 0 Å². The number of carbonyl (C=O) groups is 1. The van der Waals surface area contributed by atoms with Crippen LogP contribution in [-0.4, -0.2) is 41.0 Å². The summed E-state index contributed by atoms with van der Waals surface area (Å²) < 4.78 is 0. The van der Waals surface area contributed by atoms with Crippen LogP contribution in [0, 0.1) is 5.92 Å². The molecule has 2 aromatic rings. The highest BCUT2D eigenvalue weighted by Gasteiger charge is 2.39. The molecule has 0 saturated carbocycles. The fraction of sp³-hybridized carbons (Fsp3) is 0.444. The summed E-state index contributed by atoms with van der Waals surface area (Å²) in [6.07, 6.45) is 4.12. The van der Waals surface area contributed by atoms with Gasteiger partial charge < -0.3 is 11.1 Å². The van der Waals surface area contributed by atoms with Gasteiger partial charge in [-0.3, -0.25) is 9.69 Å². The van der Waals surface area contributed by atoms with E-state index < -0.39 is 0 Å². The van der Waals surface area contributed by atoms with E-state index in [1.165, 1.54) is 24.2 Å². The maximum absolute atomic E-state index is 12.6. The van der Waals surface area contributed by atoms with Crippen LogP contribution in [0.3, 0.4) is 0 Å². The number of thiazole rings is 1. The van der Waals surface area contributed by atoms with E-state index in [0.29, 0.717) is 22.7 Å². The number of nitrogens with two attached hydrogens (primary N) is 1. The lowest BCUT2D eigenvalue weighted by atomic mass is 9.80. The van der Waals surface area contributed by atoms with Crippen LogP contribution in [0.2, 0.25) is 0 Å². The number of amides is 1. The molecule has 4 atom stereocenters. The van der Waals surface area contributed by atoms with Gasteiger partial charge in [0.05, 0.1) is 4.88 Å². The van der Waals surface area contributed by atoms with Gasteiger partial charge in [0, 0.05) is 30.5 Å². The average molecular weight is 342 g/mol. The van der Waals surface area contributed by atoms with Gasteiger partial charge in [-0.25, -0.2) is 4.98 Å². The minimum absolute atomic E-state index is 0.0541. The monoisotopic (exact) mass is 342 g/mol. The molecule has 1 aromatic carbocycles. The Morgan fingerprint density at radius 3 is 3.04 bits per heavy atom. The van der Waals surface area contributed by atoms with Gasteiger partial charge in [-0.15, -0.1) is 11.3 Å². The zero-order valence-electron chi connectivity index (χ0n) is 13.7. The standard InChI is InChI=1S/C18H22N4OS/c1-11-7-12-5-6-22(11)10-15(12)21-17(23)18-20-9-16(24-18)13-3-2-4-14(19)8-13/h2-4,8-9,11-12,15H,5-7,10,19H2,1H3,(H,21,23)/t11?,12?,15-/m0/s1. The first kappa shape index (κ1) is 15.6. The normalized spacial score (nSPS) is 28.7. The largest absolute Gasteiger partial charge is 0.399 e. The lowest BCUT2D eigenvalue weighted by molar-refractivity contribution is 0.0274. The van der Waals surface area contributed by atoms with Crippen molar-refractivity contribution in [2.75, 3.05) is 18.8 Å². The Kier molecular flexibility index (Phi) is 4.02. The maximum atomic E-state index is 12.6. The number of hydrogen-bond acceptors (Lipinski definition) is 5. The highest BCUT2D eigenvalue weighted by Crippen LogP contribution is 2.32. The molecule has 3 saturated heterocycles. The Morgan fingerprint density at radius 1 is 1.46 bits per heavy atom. The van der Waals surface area contributed by atoms with Crippen molar-refractivity contribution in [1.29, 1.82) is 0 Å². The van der Waals surface area contributed by atoms with Gasteiger partial charge in [-0.2, -0.15) is 0 Å². The van der Waals surface area contributed by atoms with Crippen molar-refractivity contribution in [3.63, 3.8) is 0 Å². The summed E-state index contributed by atoms with van der Waals surface area (Å²) in [5, 5.41) is 3.73. The van der Waals surface area contributed by atoms with Crippen molar-refractivity contribution < 1.29 is 4.79 Å². The van der Waals surface area contributed by atoms with Crippen LogP contribution in [0.5, 0.6) is 0 Å². The van der Waals surface area contributed by atoms with E-state index in [-0.39, 0.29) is 11.9 Å². The molecule has 4 heterocycles. The van der Waals surface area contributed by atoms with Crippen LogP contribution in [0.1, 0.15) is 29.6 Å². The first-order chi connectivity index (χ1) is 11.6. The summed E-state index contributed by atoms with van der Waals surface area (Å²) in [6, 6.07) is 8.56. The smallest absolute Gasteiger partial charge is 0.280 e. The highest BCUT2D eigenvalue weighted by molar-refractivity contribution is 7.17. The number of nitrogens with zero attached hydrogens (tertiary/aromatic N) is 2. The first-order valence-electron chi connectivity index (χ1n) is 8.47. The Bertz CT molecular complexity index is 759. The van der Waals surface area contributed by atoms with E-state index >= 15 is 0 Å². The summed E-state index contributed by atoms with van der Waals surface area (Å²) in [6.45, 7) is 4.41. The second-order valence-electron chi connectivity index (χ2n) is 6.86. The van der Waals surface area contributed by atoms with Crippen LogP contribution < -0.4 is 11.1 Å². The van der Waals surface area contributed by atoms with E-state index in [0.717, 1.165) is 23.5 Å². The van der Waals surface area contributed by atoms with Gasteiger partial charge >= 0.3 is 0 Å². The van der Waals surface area contributed by atoms with Crippen molar-refractivity contribution in [1.82, 2.24) is 15.2 Å². The summed E-state index contributed by atoms with van der Waals surface area (Å²) in [4.78, 5) is 20.3. The summed E-state index contributed by atoms with van der Waals surface area (Å²) in [5.74, 6) is 0.545. The zero-order valence-corrected chi connectivity index (χ0v) is 14.6. The first-order valence-corrected chi connectivity index (χ1v) is 9.28. The van der Waals surface area contributed by atoms with Crippen molar-refractivity contribution in [2.45, 2.75) is 31.8 Å². The van der Waals surface area contributed by atoms with Crippen molar-refractivity contribution in [3.8, 4) is 10.4 Å². The van der Waals surface area contributed by atoms with Gasteiger partial charge in [0.15, 0.2) is 5.01 Å². The molecule has 5 nitrogen and oxygen atoms in total. The summed E-state index contributed by atoms with van der Waals surface area (Å²) >= 11 is 1.42. The third kappa shape index (κ3) is 2.91. The Hall–Kier alpha value is -1.92. The molecule has 0 radical (unpaired) electrons. The minimum Gasteiger partial charge on any atom is -0.399 e. The number of fused-ring (bicyclic) bond motifs is 3. The lowest BCUT2D eigenvalue weighted by Gasteiger charge is -2.48. The highest BCUT2D eigenvalue weighted by atomic mass is 32.1. The molecule has 126 valence electrons. The van der Waals surface area contributed by atoms with Crippen LogP contribution in [0.4, 0.5) is 5.69 Å². The number of rotatable bonds is 3. The Labute approximate surface area is 145 Å². The number of carbonyl (C=O) groups excluding carboxylic acids is 1. The molecule has 2 bridgehead atoms. The van der Waals surface area contributed by atoms with Gasteiger partial charge in [-0.1, -0.05) is 12.1 Å². The fourth-order valence-electron chi connectivity index (χ4n) is 3.89. The summed E-state index contributed by atoms with van der Waals surface area (Å²) in [7, 11) is 0. The molecule has 3 aliphatic heterocycles. The quantitative estimate of drug-likeness (QED) is 0.841. The second-order valence-corrected chi connectivity index (χ2v) is 7.89. The molecule has 0 aliphatic carbocycles. The third-order valence-corrected chi connectivity index (χ3v) is 6.29. The molecule has 3 fully saturated rings. The van der Waals surface area contributed by atoms with Gasteiger partial charge in [0.25, 0.3) is 5.91 Å². The average Bonchev–Trinajstić information content (AvgIpc) is 3.06. The molecule has 5 rings (SSSR count). The van der Waals surface area contributed by atoms with Gasteiger partial charge in [0.2, 0.25) is 0 Å². The van der Waals surface area contributed by atoms with Crippen LogP contribution in [-0.2, 0) is 0 Å². The van der Waals surface area contributed by atoms with Crippen molar-refractivity contribution >= 4 is 22.9 Å². The van der Waals surface area contributed by atoms with E-state index in [9.17, 15) is 4.79 Å². The lowest BCUT2D eigenvalue weighted by Crippen LogP contribution is -2.60. The predicted octanol–water partition coefficient (Wildman–Crippen LogP) is 2.60. The summed E-state index contributed by atoms with van der Waals surface area (Å²) in [5.41, 5.74) is 7.55. The maximum Gasteiger partial charge on any atom is 0.280 e. The SMILES string of the molecule is CC1CC2CCN1C[C@@H]2NC(=O)c1ncc(-c2cccc(N)c2)s1. The van der Waals surface area contributed by atoms with E-state index in [2.05, 4.69) is 22.1 Å². The number of aromatic nitrogens is 1. The molecule has 1 amide bonds. The van der Waals surface area contributed by atoms with Crippen LogP contribution >= 0.6 is 11.3 Å². The molecule has 0 spiro atoms. The van der Waals surface area contributed by atoms with Crippen molar-refractivity contribution in [2.24, 2.45) is 5.92 Å². The Balaban J connectivity index is 1.46. The number of nitrogens with one attached hydrogen (secondary N) is 1. The predicted molar refractivity (Wildman–Crippen MR) is 97.0 cm³/mol. The van der Waals surface area contributed by atoms with E-state index in [1.54, 1.807) is 6.20 Å². The van der Waals surface area contributed by atoms with Crippen LogP contribution in [0.15, 0.2) is 30.5 Å². The molecule has 3 unspecified atom stereocenters. The minimum atomic E-state index is -0.0541. The van der Waals surface area contributed by atoms with Crippen LogP contribution in [0.25, 0.3) is 10.4 Å². The van der Waals surface area contributed by atoms with Crippen molar-refractivity contribution in [3.05, 3.63) is 35.5 Å². The van der Waals surface area contributed by atoms with E-state index in [1.807, 2.05) is 24.3 Å². The number of hydrogen-bond donors (Lipinski definition) is 2. The number of benzene rings is 1. The third-order valence-electron chi connectivity index (χ3n) is 5.24. The number of piperidine rings is 3. The molecular formula is C18H22N4OS. The number of anilines is 1. The van der Waals surface area contributed by atoms with E-state index in [4.69, 9.17) is 5.73 Å². The zero-order chi connectivity index (χ0) is 16.7. The molecular weight excluding hydrogens is 320 g/mol. The fourth-order valence-corrected chi connectivity index (χ4v) is 4.71. The number of nitrogen functional groups attached to an aromatic ring is 1.